The lowest BCUT2D eigenvalue weighted by Gasteiger charge is -2.31. The van der Waals surface area contributed by atoms with Crippen molar-refractivity contribution >= 4 is 23.2 Å². The van der Waals surface area contributed by atoms with Crippen LogP contribution < -0.4 is 5.32 Å². The van der Waals surface area contributed by atoms with Crippen molar-refractivity contribution in [3.8, 4) is 0 Å². The summed E-state index contributed by atoms with van der Waals surface area (Å²) in [6.45, 7) is 3.11. The van der Waals surface area contributed by atoms with Crippen LogP contribution in [0.3, 0.4) is 0 Å². The molecule has 1 aromatic heterocycles. The molecule has 1 fully saturated rings. The van der Waals surface area contributed by atoms with E-state index in [4.69, 9.17) is 0 Å². The van der Waals surface area contributed by atoms with Gasteiger partial charge in [-0.2, -0.15) is 0 Å². The van der Waals surface area contributed by atoms with Crippen LogP contribution >= 0.6 is 11.3 Å². The Kier molecular flexibility index (Phi) is 4.29. The number of hydrogen-bond donors (Lipinski definition) is 1. The SMILES string of the molecule is CC(=O)N1CCC(NC(=O)c2cc3c(s2)CCCC3)CC1. The molecular formula is C16H22N2O2S. The van der Waals surface area contributed by atoms with E-state index >= 15 is 0 Å². The third-order valence-corrected chi connectivity index (χ3v) is 5.73. The summed E-state index contributed by atoms with van der Waals surface area (Å²) in [6.07, 6.45) is 6.46. The number of thiophene rings is 1. The second-order valence-corrected chi connectivity index (χ2v) is 7.16. The first-order valence-corrected chi connectivity index (χ1v) is 8.63. The fraction of sp³-hybridized carbons (Fsp3) is 0.625. The van der Waals surface area contributed by atoms with Gasteiger partial charge in [0.15, 0.2) is 0 Å². The van der Waals surface area contributed by atoms with Gasteiger partial charge in [-0.25, -0.2) is 0 Å². The van der Waals surface area contributed by atoms with Crippen molar-refractivity contribution in [1.82, 2.24) is 10.2 Å². The van der Waals surface area contributed by atoms with Gasteiger partial charge >= 0.3 is 0 Å². The predicted octanol–water partition coefficient (Wildman–Crippen LogP) is 2.37. The van der Waals surface area contributed by atoms with E-state index in [0.29, 0.717) is 0 Å². The quantitative estimate of drug-likeness (QED) is 0.912. The first-order valence-electron chi connectivity index (χ1n) is 7.81. The van der Waals surface area contributed by atoms with E-state index in [0.717, 1.165) is 43.6 Å². The number of fused-ring (bicyclic) bond motifs is 1. The Bertz CT molecular complexity index is 521. The van der Waals surface area contributed by atoms with E-state index < -0.39 is 0 Å². The lowest BCUT2D eigenvalue weighted by atomic mass is 9.99. The second kappa shape index (κ2) is 6.18. The van der Waals surface area contributed by atoms with Gasteiger partial charge in [0.2, 0.25) is 5.91 Å². The number of carbonyl (C=O) groups is 2. The molecule has 0 spiro atoms. The van der Waals surface area contributed by atoms with Crippen LogP contribution in [0.25, 0.3) is 0 Å². The van der Waals surface area contributed by atoms with E-state index in [2.05, 4.69) is 11.4 Å². The van der Waals surface area contributed by atoms with Crippen molar-refractivity contribution in [2.75, 3.05) is 13.1 Å². The molecule has 0 atom stereocenters. The van der Waals surface area contributed by atoms with Gasteiger partial charge in [0.05, 0.1) is 4.88 Å². The van der Waals surface area contributed by atoms with Crippen molar-refractivity contribution in [3.63, 3.8) is 0 Å². The molecule has 5 heteroatoms. The highest BCUT2D eigenvalue weighted by atomic mass is 32.1. The summed E-state index contributed by atoms with van der Waals surface area (Å²) in [5, 5.41) is 3.14. The average molecular weight is 306 g/mol. The molecule has 1 aliphatic carbocycles. The molecule has 0 radical (unpaired) electrons. The van der Waals surface area contributed by atoms with Crippen LogP contribution in [0.4, 0.5) is 0 Å². The summed E-state index contributed by atoms with van der Waals surface area (Å²) in [7, 11) is 0. The maximum absolute atomic E-state index is 12.4. The van der Waals surface area contributed by atoms with Gasteiger partial charge in [-0.05, 0) is 50.2 Å². The number of nitrogens with zero attached hydrogens (tertiary/aromatic N) is 1. The monoisotopic (exact) mass is 306 g/mol. The van der Waals surface area contributed by atoms with E-state index in [1.807, 2.05) is 4.90 Å². The Balaban J connectivity index is 1.57. The normalized spacial score (nSPS) is 19.2. The predicted molar refractivity (Wildman–Crippen MR) is 83.7 cm³/mol. The lowest BCUT2D eigenvalue weighted by molar-refractivity contribution is -0.129. The molecule has 0 aromatic carbocycles. The van der Waals surface area contributed by atoms with Gasteiger partial charge in [0.25, 0.3) is 5.91 Å². The van der Waals surface area contributed by atoms with Gasteiger partial charge in [0, 0.05) is 30.9 Å². The minimum atomic E-state index is 0.0654. The van der Waals surface area contributed by atoms with Crippen molar-refractivity contribution < 1.29 is 9.59 Å². The lowest BCUT2D eigenvalue weighted by Crippen LogP contribution is -2.45. The van der Waals surface area contributed by atoms with Crippen LogP contribution in [0, 0.1) is 0 Å². The molecule has 1 aliphatic heterocycles. The Morgan fingerprint density at radius 2 is 1.95 bits per heavy atom. The van der Waals surface area contributed by atoms with Gasteiger partial charge in [0.1, 0.15) is 0 Å². The van der Waals surface area contributed by atoms with E-state index in [1.54, 1.807) is 18.3 Å². The molecular weight excluding hydrogens is 284 g/mol. The molecule has 0 saturated carbocycles. The van der Waals surface area contributed by atoms with Gasteiger partial charge in [-0.3, -0.25) is 9.59 Å². The van der Waals surface area contributed by atoms with Crippen LogP contribution in [0.2, 0.25) is 0 Å². The summed E-state index contributed by atoms with van der Waals surface area (Å²) in [4.78, 5) is 27.8. The zero-order valence-electron chi connectivity index (χ0n) is 12.5. The Hall–Kier alpha value is -1.36. The minimum Gasteiger partial charge on any atom is -0.348 e. The number of nitrogens with one attached hydrogen (secondary N) is 1. The van der Waals surface area contributed by atoms with Gasteiger partial charge in [-0.1, -0.05) is 0 Å². The third kappa shape index (κ3) is 3.28. The number of amides is 2. The Morgan fingerprint density at radius 1 is 1.24 bits per heavy atom. The summed E-state index contributed by atoms with van der Waals surface area (Å²) in [5.41, 5.74) is 1.38. The highest BCUT2D eigenvalue weighted by molar-refractivity contribution is 7.14. The number of carbonyl (C=O) groups excluding carboxylic acids is 2. The number of hydrogen-bond acceptors (Lipinski definition) is 3. The highest BCUT2D eigenvalue weighted by Crippen LogP contribution is 2.29. The van der Waals surface area contributed by atoms with Crippen molar-refractivity contribution in [2.45, 2.75) is 51.5 Å². The largest absolute Gasteiger partial charge is 0.348 e. The van der Waals surface area contributed by atoms with Gasteiger partial charge in [-0.15, -0.1) is 11.3 Å². The second-order valence-electron chi connectivity index (χ2n) is 6.02. The van der Waals surface area contributed by atoms with Crippen LogP contribution in [0.15, 0.2) is 6.07 Å². The molecule has 1 aromatic rings. The molecule has 2 amide bonds. The fourth-order valence-corrected chi connectivity index (χ4v) is 4.35. The molecule has 21 heavy (non-hydrogen) atoms. The maximum atomic E-state index is 12.4. The molecule has 0 bridgehead atoms. The zero-order chi connectivity index (χ0) is 14.8. The third-order valence-electron chi connectivity index (χ3n) is 4.50. The van der Waals surface area contributed by atoms with Crippen LogP contribution in [0.5, 0.6) is 0 Å². The molecule has 1 N–H and O–H groups in total. The summed E-state index contributed by atoms with van der Waals surface area (Å²) >= 11 is 1.66. The Labute approximate surface area is 129 Å². The van der Waals surface area contributed by atoms with Crippen molar-refractivity contribution in [1.29, 1.82) is 0 Å². The topological polar surface area (TPSA) is 49.4 Å². The molecule has 114 valence electrons. The first kappa shape index (κ1) is 14.6. The van der Waals surface area contributed by atoms with E-state index in [1.165, 1.54) is 23.3 Å². The minimum absolute atomic E-state index is 0.0654. The van der Waals surface area contributed by atoms with E-state index in [-0.39, 0.29) is 17.9 Å². The van der Waals surface area contributed by atoms with E-state index in [9.17, 15) is 9.59 Å². The number of piperidine rings is 1. The smallest absolute Gasteiger partial charge is 0.261 e. The summed E-state index contributed by atoms with van der Waals surface area (Å²) in [5.74, 6) is 0.196. The fourth-order valence-electron chi connectivity index (χ4n) is 3.20. The van der Waals surface area contributed by atoms with Crippen molar-refractivity contribution in [3.05, 3.63) is 21.4 Å². The summed E-state index contributed by atoms with van der Waals surface area (Å²) in [6, 6.07) is 2.28. The highest BCUT2D eigenvalue weighted by Gasteiger charge is 2.24. The number of rotatable bonds is 2. The van der Waals surface area contributed by atoms with Gasteiger partial charge < -0.3 is 10.2 Å². The van der Waals surface area contributed by atoms with Crippen LogP contribution in [-0.2, 0) is 17.6 Å². The first-order chi connectivity index (χ1) is 10.1. The Morgan fingerprint density at radius 3 is 2.62 bits per heavy atom. The molecule has 0 unspecified atom stereocenters. The number of likely N-dealkylation sites (tertiary alicyclic amines) is 1. The molecule has 4 nitrogen and oxygen atoms in total. The standard InChI is InChI=1S/C16H22N2O2S/c1-11(19)18-8-6-13(7-9-18)17-16(20)15-10-12-4-2-3-5-14(12)21-15/h10,13H,2-9H2,1H3,(H,17,20). The molecule has 2 aliphatic rings. The van der Waals surface area contributed by atoms with Crippen LogP contribution in [-0.4, -0.2) is 35.8 Å². The van der Waals surface area contributed by atoms with Crippen molar-refractivity contribution in [2.24, 2.45) is 0 Å². The molecule has 1 saturated heterocycles. The maximum Gasteiger partial charge on any atom is 0.261 e. The molecule has 3 rings (SSSR count). The summed E-state index contributed by atoms with van der Waals surface area (Å²) < 4.78 is 0. The molecule has 2 heterocycles. The average Bonchev–Trinajstić information content (AvgIpc) is 2.92. The van der Waals surface area contributed by atoms with Crippen LogP contribution in [0.1, 0.15) is 52.7 Å². The zero-order valence-corrected chi connectivity index (χ0v) is 13.3. The number of aryl methyl sites for hydroxylation is 2.